The van der Waals surface area contributed by atoms with Crippen LogP contribution in [-0.2, 0) is 26.0 Å². The van der Waals surface area contributed by atoms with Crippen LogP contribution in [0, 0.1) is 11.3 Å². The van der Waals surface area contributed by atoms with Gasteiger partial charge in [0, 0.05) is 42.5 Å². The summed E-state index contributed by atoms with van der Waals surface area (Å²) in [5.41, 5.74) is 7.35. The number of ether oxygens (including phenoxy) is 1. The Morgan fingerprint density at radius 2 is 1.89 bits per heavy atom. The molecule has 9 nitrogen and oxygen atoms in total. The van der Waals surface area contributed by atoms with E-state index in [0.29, 0.717) is 13.1 Å². The number of carbonyl (C=O) groups excluding carboxylic acids is 1. The number of hydrogen-bond acceptors (Lipinski definition) is 5. The van der Waals surface area contributed by atoms with Gasteiger partial charge in [0.25, 0.3) is 0 Å². The van der Waals surface area contributed by atoms with Gasteiger partial charge in [-0.15, -0.1) is 0 Å². The van der Waals surface area contributed by atoms with Crippen molar-refractivity contribution < 1.29 is 17.9 Å². The first-order chi connectivity index (χ1) is 18.3. The lowest BCUT2D eigenvalue weighted by Gasteiger charge is -2.32. The Balaban J connectivity index is 1.37. The Labute approximate surface area is 221 Å². The number of nitrogens with two attached hydrogens (primary N) is 1. The van der Waals surface area contributed by atoms with Crippen LogP contribution < -0.4 is 10.5 Å². The number of nitrogens with one attached hydrogen (secondary N) is 3. The number of carbonyl (C=O) groups is 1. The maximum absolute atomic E-state index is 13.4. The van der Waals surface area contributed by atoms with Crippen LogP contribution in [0.4, 0.5) is 0 Å². The fourth-order valence-corrected chi connectivity index (χ4v) is 6.22. The van der Waals surface area contributed by atoms with E-state index in [4.69, 9.17) is 15.9 Å². The summed E-state index contributed by atoms with van der Waals surface area (Å²) in [5.74, 6) is -0.622. The molecule has 0 bridgehead atoms. The van der Waals surface area contributed by atoms with Crippen molar-refractivity contribution in [2.75, 3.05) is 19.7 Å². The second kappa shape index (κ2) is 10.8. The molecule has 0 amide bonds. The van der Waals surface area contributed by atoms with Crippen molar-refractivity contribution in [2.45, 2.75) is 30.2 Å². The van der Waals surface area contributed by atoms with Crippen molar-refractivity contribution >= 4 is 43.6 Å². The minimum Gasteiger partial charge on any atom is -0.464 e. The van der Waals surface area contributed by atoms with Crippen molar-refractivity contribution in [3.05, 3.63) is 78.5 Å². The number of nitrogens with zero attached hydrogens (tertiary/aromatic N) is 1. The number of aromatic nitrogens is 1. The minimum atomic E-state index is -4.03. The van der Waals surface area contributed by atoms with E-state index in [9.17, 15) is 13.2 Å². The number of fused-ring (bicyclic) bond motifs is 2. The molecule has 0 radical (unpaired) electrons. The number of likely N-dealkylation sites (tertiary alicyclic amines) is 1. The van der Waals surface area contributed by atoms with Crippen LogP contribution in [0.3, 0.4) is 0 Å². The van der Waals surface area contributed by atoms with Crippen molar-refractivity contribution in [1.82, 2.24) is 14.6 Å². The highest BCUT2D eigenvalue weighted by atomic mass is 32.2. The third-order valence-electron chi connectivity index (χ3n) is 7.03. The molecule has 2 heterocycles. The molecule has 5 rings (SSSR count). The van der Waals surface area contributed by atoms with Crippen LogP contribution in [0.5, 0.6) is 0 Å². The molecule has 38 heavy (non-hydrogen) atoms. The van der Waals surface area contributed by atoms with E-state index in [1.54, 1.807) is 23.2 Å². The largest absolute Gasteiger partial charge is 0.464 e. The second-order valence-corrected chi connectivity index (χ2v) is 11.4. The molecular weight excluding hydrogens is 502 g/mol. The van der Waals surface area contributed by atoms with E-state index in [0.717, 1.165) is 40.1 Å². The number of hydrogen-bond donors (Lipinski definition) is 4. The quantitative estimate of drug-likeness (QED) is 0.155. The number of aromatic amines is 1. The van der Waals surface area contributed by atoms with Gasteiger partial charge in [0.05, 0.1) is 11.5 Å². The molecule has 3 aromatic carbocycles. The first-order valence-electron chi connectivity index (χ1n) is 12.6. The van der Waals surface area contributed by atoms with Crippen LogP contribution in [0.15, 0.2) is 77.8 Å². The van der Waals surface area contributed by atoms with E-state index >= 15 is 0 Å². The summed E-state index contributed by atoms with van der Waals surface area (Å²) in [4.78, 5) is 18.4. The summed E-state index contributed by atoms with van der Waals surface area (Å²) in [6.45, 7) is 1.36. The molecule has 0 saturated carbocycles. The lowest BCUT2D eigenvalue weighted by atomic mass is 9.99. The predicted molar refractivity (Wildman–Crippen MR) is 147 cm³/mol. The van der Waals surface area contributed by atoms with Gasteiger partial charge in [-0.2, -0.15) is 4.72 Å². The molecule has 1 aliphatic heterocycles. The molecule has 5 N–H and O–H groups in total. The van der Waals surface area contributed by atoms with E-state index in [1.165, 1.54) is 6.07 Å². The molecular formula is C28H31N5O4S. The van der Waals surface area contributed by atoms with Crippen molar-refractivity contribution in [3.8, 4) is 0 Å². The van der Waals surface area contributed by atoms with Gasteiger partial charge >= 0.3 is 5.97 Å². The number of H-pyrrole nitrogens is 1. The monoisotopic (exact) mass is 533 g/mol. The molecule has 1 aliphatic rings. The van der Waals surface area contributed by atoms with Gasteiger partial charge in [-0.3, -0.25) is 10.2 Å². The van der Waals surface area contributed by atoms with Gasteiger partial charge in [-0.25, -0.2) is 8.42 Å². The van der Waals surface area contributed by atoms with Crippen LogP contribution in [0.2, 0.25) is 0 Å². The Morgan fingerprint density at radius 3 is 2.71 bits per heavy atom. The van der Waals surface area contributed by atoms with E-state index in [-0.39, 0.29) is 29.8 Å². The maximum Gasteiger partial charge on any atom is 0.324 e. The SMILES string of the molecule is N=C(N)N1CCC[C@H](COC(=O)[C@@H](Cc2c[nH]c3ccccc23)NS(=O)(=O)c2ccc3ccccc3c2)C1. The highest BCUT2D eigenvalue weighted by Crippen LogP contribution is 2.23. The number of rotatable bonds is 8. The summed E-state index contributed by atoms with van der Waals surface area (Å²) in [6, 6.07) is 18.9. The van der Waals surface area contributed by atoms with Gasteiger partial charge in [-0.05, 0) is 47.4 Å². The predicted octanol–water partition coefficient (Wildman–Crippen LogP) is 3.36. The number of benzene rings is 3. The fraction of sp³-hybridized carbons (Fsp3) is 0.286. The van der Waals surface area contributed by atoms with Gasteiger partial charge < -0.3 is 20.4 Å². The number of esters is 1. The Bertz CT molecular complexity index is 1580. The first-order valence-corrected chi connectivity index (χ1v) is 14.1. The second-order valence-electron chi connectivity index (χ2n) is 9.72. The lowest BCUT2D eigenvalue weighted by molar-refractivity contribution is -0.147. The molecule has 1 saturated heterocycles. The average Bonchev–Trinajstić information content (AvgIpc) is 3.34. The van der Waals surface area contributed by atoms with Crippen molar-refractivity contribution in [2.24, 2.45) is 11.7 Å². The molecule has 198 valence electrons. The van der Waals surface area contributed by atoms with Gasteiger partial charge in [0.1, 0.15) is 6.04 Å². The standard InChI is InChI=1S/C28H31N5O4S/c29-28(30)33-13-5-6-19(17-33)18-37-27(34)26(15-22-16-31-25-10-4-3-9-24(22)25)32-38(35,36)23-12-11-20-7-1-2-8-21(20)14-23/h1-4,7-12,14,16,19,26,31-32H,5-6,13,15,17-18H2,(H3,29,30)/t19-,26+/m0/s1. The zero-order chi connectivity index (χ0) is 26.7. The first kappa shape index (κ1) is 25.7. The van der Waals surface area contributed by atoms with Gasteiger partial charge in [-0.1, -0.05) is 48.5 Å². The topological polar surface area (TPSA) is 141 Å². The van der Waals surface area contributed by atoms with Crippen molar-refractivity contribution in [1.29, 1.82) is 5.41 Å². The maximum atomic E-state index is 13.4. The Kier molecular flexibility index (Phi) is 7.35. The summed E-state index contributed by atoms with van der Waals surface area (Å²) in [6.07, 6.45) is 3.60. The highest BCUT2D eigenvalue weighted by Gasteiger charge is 2.30. The summed E-state index contributed by atoms with van der Waals surface area (Å²) in [7, 11) is -4.03. The zero-order valence-electron chi connectivity index (χ0n) is 20.9. The molecule has 10 heteroatoms. The van der Waals surface area contributed by atoms with Crippen LogP contribution in [0.25, 0.3) is 21.7 Å². The van der Waals surface area contributed by atoms with E-state index < -0.39 is 22.0 Å². The zero-order valence-corrected chi connectivity index (χ0v) is 21.7. The summed E-state index contributed by atoms with van der Waals surface area (Å²) >= 11 is 0. The number of sulfonamides is 1. The Morgan fingerprint density at radius 1 is 1.13 bits per heavy atom. The van der Waals surface area contributed by atoms with Gasteiger partial charge in [0.2, 0.25) is 10.0 Å². The molecule has 2 atom stereocenters. The summed E-state index contributed by atoms with van der Waals surface area (Å²) in [5, 5.41) is 10.3. The number of piperidine rings is 1. The molecule has 4 aromatic rings. The highest BCUT2D eigenvalue weighted by molar-refractivity contribution is 7.89. The third kappa shape index (κ3) is 5.66. The van der Waals surface area contributed by atoms with E-state index in [1.807, 2.05) is 48.5 Å². The third-order valence-corrected chi connectivity index (χ3v) is 8.50. The smallest absolute Gasteiger partial charge is 0.324 e. The molecule has 0 spiro atoms. The lowest BCUT2D eigenvalue weighted by Crippen LogP contribution is -2.46. The molecule has 1 fully saturated rings. The molecule has 0 aliphatic carbocycles. The van der Waals surface area contributed by atoms with Gasteiger partial charge in [0.15, 0.2) is 5.96 Å². The minimum absolute atomic E-state index is 0.00128. The average molecular weight is 534 g/mol. The fourth-order valence-electron chi connectivity index (χ4n) is 5.00. The van der Waals surface area contributed by atoms with E-state index in [2.05, 4.69) is 9.71 Å². The van der Waals surface area contributed by atoms with Crippen LogP contribution >= 0.6 is 0 Å². The molecule has 1 aromatic heterocycles. The van der Waals surface area contributed by atoms with Crippen LogP contribution in [0.1, 0.15) is 18.4 Å². The Hall–Kier alpha value is -3.89. The normalized spacial score (nSPS) is 16.9. The van der Waals surface area contributed by atoms with Crippen LogP contribution in [-0.4, -0.2) is 56.0 Å². The number of guanidine groups is 1. The van der Waals surface area contributed by atoms with Crippen molar-refractivity contribution in [3.63, 3.8) is 0 Å². The summed E-state index contributed by atoms with van der Waals surface area (Å²) < 4.78 is 35.2. The number of para-hydroxylation sites is 1. The molecule has 0 unspecified atom stereocenters.